The highest BCUT2D eigenvalue weighted by Gasteiger charge is 2.25. The van der Waals surface area contributed by atoms with Gasteiger partial charge in [-0.2, -0.15) is 9.49 Å². The van der Waals surface area contributed by atoms with Crippen molar-refractivity contribution in [2.75, 3.05) is 49.4 Å². The summed E-state index contributed by atoms with van der Waals surface area (Å²) in [5.41, 5.74) is -0.0592. The van der Waals surface area contributed by atoms with Gasteiger partial charge >= 0.3 is 5.69 Å². The van der Waals surface area contributed by atoms with Crippen LogP contribution >= 0.6 is 11.8 Å². The summed E-state index contributed by atoms with van der Waals surface area (Å²) in [6.45, 7) is 3.89. The number of nitro groups is 1. The van der Waals surface area contributed by atoms with Crippen LogP contribution in [-0.2, 0) is 21.0 Å². The molecule has 2 N–H and O–H groups in total. The van der Waals surface area contributed by atoms with E-state index in [4.69, 9.17) is 9.47 Å². The second-order valence-corrected chi connectivity index (χ2v) is 12.8. The van der Waals surface area contributed by atoms with Gasteiger partial charge in [-0.05, 0) is 48.9 Å². The highest BCUT2D eigenvalue weighted by molar-refractivity contribution is 7.99. The van der Waals surface area contributed by atoms with E-state index in [1.807, 2.05) is 11.8 Å². The number of aryl methyl sites for hydroxylation is 2. The number of sulfone groups is 1. The van der Waals surface area contributed by atoms with E-state index in [0.29, 0.717) is 49.5 Å². The number of aromatic nitrogens is 4. The van der Waals surface area contributed by atoms with Crippen LogP contribution in [0.2, 0.25) is 0 Å². The van der Waals surface area contributed by atoms with Gasteiger partial charge in [0.15, 0.2) is 32.4 Å². The fourth-order valence-electron chi connectivity index (χ4n) is 4.45. The summed E-state index contributed by atoms with van der Waals surface area (Å²) in [7, 11) is -2.57. The van der Waals surface area contributed by atoms with Crippen LogP contribution in [0.5, 0.6) is 5.75 Å². The van der Waals surface area contributed by atoms with E-state index in [1.165, 1.54) is 31.4 Å². The van der Waals surface area contributed by atoms with Gasteiger partial charge in [-0.1, -0.05) is 12.1 Å². The van der Waals surface area contributed by atoms with Crippen molar-refractivity contribution in [1.29, 1.82) is 0 Å². The number of halogens is 2. The lowest BCUT2D eigenvalue weighted by Crippen LogP contribution is -2.37. The van der Waals surface area contributed by atoms with E-state index in [9.17, 15) is 22.9 Å². The van der Waals surface area contributed by atoms with Gasteiger partial charge < -0.3 is 19.7 Å². The molecule has 3 heterocycles. The van der Waals surface area contributed by atoms with E-state index in [0.717, 1.165) is 29.6 Å². The number of anilines is 3. The monoisotopic (exact) mass is 647 g/mol. The van der Waals surface area contributed by atoms with Gasteiger partial charge in [-0.15, -0.1) is 0 Å². The van der Waals surface area contributed by atoms with E-state index in [1.54, 1.807) is 6.07 Å². The van der Waals surface area contributed by atoms with Crippen LogP contribution in [-0.4, -0.2) is 72.7 Å². The van der Waals surface area contributed by atoms with Crippen LogP contribution in [0.1, 0.15) is 11.3 Å². The summed E-state index contributed by atoms with van der Waals surface area (Å²) >= 11 is 0.890. The zero-order valence-corrected chi connectivity index (χ0v) is 25.2. The van der Waals surface area contributed by atoms with E-state index in [-0.39, 0.29) is 26.9 Å². The summed E-state index contributed by atoms with van der Waals surface area (Å²) in [6.07, 6.45) is -0.330. The molecule has 0 radical (unpaired) electrons. The molecule has 0 unspecified atom stereocenters. The molecular weight excluding hydrogens is 620 g/mol. The summed E-state index contributed by atoms with van der Waals surface area (Å²) in [6, 6.07) is 8.72. The fraction of sp³-hybridized carbons (Fsp3) is 0.296. The molecule has 1 aliphatic heterocycles. The van der Waals surface area contributed by atoms with Crippen LogP contribution < -0.4 is 15.0 Å². The first-order valence-corrected chi connectivity index (χ1v) is 15.7. The molecule has 232 valence electrons. The molecule has 1 aliphatic rings. The summed E-state index contributed by atoms with van der Waals surface area (Å²) in [4.78, 5) is 21.0. The van der Waals surface area contributed by atoms with Gasteiger partial charge in [-0.3, -0.25) is 15.2 Å². The largest absolute Gasteiger partial charge is 0.490 e. The molecule has 44 heavy (non-hydrogen) atoms. The van der Waals surface area contributed by atoms with Crippen molar-refractivity contribution in [2.45, 2.75) is 28.3 Å². The number of rotatable bonds is 11. The Morgan fingerprint density at radius 3 is 2.61 bits per heavy atom. The number of H-pyrrole nitrogens is 1. The first kappa shape index (κ1) is 31.1. The smallest absolute Gasteiger partial charge is 0.305 e. The average Bonchev–Trinajstić information content (AvgIpc) is 3.41. The predicted molar refractivity (Wildman–Crippen MR) is 158 cm³/mol. The maximum Gasteiger partial charge on any atom is 0.305 e. The van der Waals surface area contributed by atoms with Crippen LogP contribution in [0.25, 0.3) is 0 Å². The number of hydrogen-bond donors (Lipinski definition) is 2. The third-order valence-electron chi connectivity index (χ3n) is 6.65. The van der Waals surface area contributed by atoms with E-state index >= 15 is 4.39 Å². The highest BCUT2D eigenvalue weighted by Crippen LogP contribution is 2.39. The van der Waals surface area contributed by atoms with Crippen molar-refractivity contribution in [2.24, 2.45) is 0 Å². The summed E-state index contributed by atoms with van der Waals surface area (Å²) in [5, 5.41) is 21.3. The van der Waals surface area contributed by atoms with E-state index in [2.05, 4.69) is 25.5 Å². The van der Waals surface area contributed by atoms with Crippen LogP contribution in [0, 0.1) is 28.7 Å². The number of nitro benzene ring substituents is 1. The van der Waals surface area contributed by atoms with Gasteiger partial charge in [-0.25, -0.2) is 22.8 Å². The second-order valence-electron chi connectivity index (χ2n) is 9.64. The molecule has 0 saturated carbocycles. The quantitative estimate of drug-likeness (QED) is 0.134. The zero-order valence-electron chi connectivity index (χ0n) is 23.5. The Hall–Kier alpha value is -4.35. The Balaban J connectivity index is 1.40. The molecule has 5 rings (SSSR count). The third-order valence-corrected chi connectivity index (χ3v) is 9.28. The van der Waals surface area contributed by atoms with Crippen molar-refractivity contribution in [3.8, 4) is 5.75 Å². The minimum Gasteiger partial charge on any atom is -0.490 e. The molecule has 2 aromatic heterocycles. The zero-order chi connectivity index (χ0) is 31.4. The molecule has 17 heteroatoms. The van der Waals surface area contributed by atoms with Gasteiger partial charge in [0.2, 0.25) is 11.6 Å². The SMILES string of the molecule is COc1c(Nc2cc(C)[nH]n2)nc(Sc2ccc(S(=O)(=O)CCc3cccc([N+](=O)[O-])c3F)cc2F)nc1N1CCOCC1. The number of hydrogen-bond acceptors (Lipinski definition) is 12. The number of benzene rings is 2. The number of morpholine rings is 1. The van der Waals surface area contributed by atoms with Crippen LogP contribution in [0.15, 0.2) is 57.4 Å². The van der Waals surface area contributed by atoms with Crippen molar-refractivity contribution in [3.63, 3.8) is 0 Å². The standard InChI is InChI=1S/C27H27F2N7O6S2/c1-16-14-22(34-33-16)30-25-24(41-2)26(35-9-11-42-12-10-35)32-27(31-25)43-21-7-6-18(15-19(21)28)44(39,40)13-8-17-4-3-5-20(23(17)29)36(37)38/h3-7,14-15H,8-13H2,1-2H3,(H2,30,31,32,33,34). The molecule has 0 bridgehead atoms. The minimum absolute atomic E-state index is 0.0633. The lowest BCUT2D eigenvalue weighted by atomic mass is 10.1. The summed E-state index contributed by atoms with van der Waals surface area (Å²) in [5.74, 6) is -0.904. The van der Waals surface area contributed by atoms with Crippen LogP contribution in [0.3, 0.4) is 0 Å². The maximum absolute atomic E-state index is 15.3. The van der Waals surface area contributed by atoms with E-state index < -0.39 is 37.8 Å². The van der Waals surface area contributed by atoms with Crippen molar-refractivity contribution in [3.05, 3.63) is 75.5 Å². The minimum atomic E-state index is -4.06. The molecule has 1 saturated heterocycles. The molecule has 0 spiro atoms. The normalized spacial score (nSPS) is 13.6. The van der Waals surface area contributed by atoms with Crippen molar-refractivity contribution in [1.82, 2.24) is 20.2 Å². The summed E-state index contributed by atoms with van der Waals surface area (Å²) < 4.78 is 66.8. The van der Waals surface area contributed by atoms with Gasteiger partial charge in [0.25, 0.3) is 0 Å². The van der Waals surface area contributed by atoms with Crippen LogP contribution in [0.4, 0.5) is 31.9 Å². The predicted octanol–water partition coefficient (Wildman–Crippen LogP) is 4.45. The molecule has 4 aromatic rings. The maximum atomic E-state index is 15.3. The third kappa shape index (κ3) is 6.89. The molecule has 0 aliphatic carbocycles. The van der Waals surface area contributed by atoms with Gasteiger partial charge in [0.05, 0.1) is 40.8 Å². The molecular formula is C27H27F2N7O6S2. The number of aromatic amines is 1. The highest BCUT2D eigenvalue weighted by atomic mass is 32.2. The Morgan fingerprint density at radius 2 is 1.95 bits per heavy atom. The topological polar surface area (TPSA) is 165 Å². The second kappa shape index (κ2) is 13.1. The van der Waals surface area contributed by atoms with Crippen molar-refractivity contribution < 1.29 is 31.6 Å². The Bertz CT molecular complexity index is 1800. The lowest BCUT2D eigenvalue weighted by molar-refractivity contribution is -0.387. The molecule has 13 nitrogen and oxygen atoms in total. The molecule has 0 amide bonds. The molecule has 0 atom stereocenters. The number of ether oxygens (including phenoxy) is 2. The van der Waals surface area contributed by atoms with Gasteiger partial charge in [0, 0.05) is 30.9 Å². The first-order chi connectivity index (χ1) is 21.1. The Morgan fingerprint density at radius 1 is 1.18 bits per heavy atom. The number of methoxy groups -OCH3 is 1. The number of nitrogens with one attached hydrogen (secondary N) is 2. The molecule has 2 aromatic carbocycles. The van der Waals surface area contributed by atoms with Crippen molar-refractivity contribution >= 4 is 44.7 Å². The first-order valence-electron chi connectivity index (χ1n) is 13.3. The Labute approximate surface area is 255 Å². The Kier molecular flexibility index (Phi) is 9.26. The number of nitrogens with zero attached hydrogens (tertiary/aromatic N) is 5. The van der Waals surface area contributed by atoms with Gasteiger partial charge in [0.1, 0.15) is 5.82 Å². The average molecular weight is 648 g/mol. The lowest BCUT2D eigenvalue weighted by Gasteiger charge is -2.29. The molecule has 1 fully saturated rings. The fourth-order valence-corrected chi connectivity index (χ4v) is 6.49.